The van der Waals surface area contributed by atoms with Crippen molar-refractivity contribution in [3.05, 3.63) is 89.4 Å². The number of rotatable bonds is 5. The zero-order valence-corrected chi connectivity index (χ0v) is 18.3. The molecule has 0 unspecified atom stereocenters. The number of benzene rings is 2. The number of hydrogen-bond donors (Lipinski definition) is 0. The van der Waals surface area contributed by atoms with Crippen molar-refractivity contribution in [3.63, 3.8) is 0 Å². The Morgan fingerprint density at radius 3 is 2.47 bits per heavy atom. The molecule has 3 heterocycles. The topological polar surface area (TPSA) is 61.5 Å². The molecule has 4 aromatic rings. The first-order chi connectivity index (χ1) is 15.6. The van der Waals surface area contributed by atoms with Gasteiger partial charge in [0, 0.05) is 24.0 Å². The second kappa shape index (κ2) is 7.92. The molecule has 32 heavy (non-hydrogen) atoms. The van der Waals surface area contributed by atoms with Crippen molar-refractivity contribution in [2.75, 3.05) is 14.2 Å². The molecule has 7 heteroatoms. The molecule has 0 fully saturated rings. The van der Waals surface area contributed by atoms with E-state index in [1.807, 2.05) is 41.3 Å². The van der Waals surface area contributed by atoms with E-state index in [1.54, 1.807) is 37.3 Å². The summed E-state index contributed by atoms with van der Waals surface area (Å²) < 4.78 is 14.7. The minimum atomic E-state index is -0.0941. The molecule has 0 aliphatic carbocycles. The first kappa shape index (κ1) is 19.9. The van der Waals surface area contributed by atoms with Gasteiger partial charge in [0.1, 0.15) is 17.3 Å². The number of ether oxygens (including phenoxy) is 2. The molecule has 0 saturated carbocycles. The molecule has 0 bridgehead atoms. The van der Waals surface area contributed by atoms with Crippen molar-refractivity contribution in [1.29, 1.82) is 0 Å². The fraction of sp³-hybridized carbons (Fsp3) is 0.200. The Bertz CT molecular complexity index is 1290. The van der Waals surface area contributed by atoms with Gasteiger partial charge in [-0.05, 0) is 42.8 Å². The SMILES string of the molecule is COc1ccc(C(=O)N2Cc3nn(-c4ccccc4C)c(-n4cccc4)c3C2)c(OC)c1. The maximum atomic E-state index is 13.4. The number of aromatic nitrogens is 3. The fourth-order valence-corrected chi connectivity index (χ4v) is 4.20. The van der Waals surface area contributed by atoms with Crippen molar-refractivity contribution < 1.29 is 14.3 Å². The van der Waals surface area contributed by atoms with Crippen LogP contribution < -0.4 is 9.47 Å². The van der Waals surface area contributed by atoms with Crippen LogP contribution >= 0.6 is 0 Å². The number of carbonyl (C=O) groups is 1. The predicted molar refractivity (Wildman–Crippen MR) is 121 cm³/mol. The number of aryl methyl sites for hydroxylation is 1. The van der Waals surface area contributed by atoms with Crippen LogP contribution in [0.5, 0.6) is 11.5 Å². The third-order valence-electron chi connectivity index (χ3n) is 5.85. The summed E-state index contributed by atoms with van der Waals surface area (Å²) in [6.07, 6.45) is 4.01. The molecule has 7 nitrogen and oxygen atoms in total. The molecule has 2 aromatic carbocycles. The van der Waals surface area contributed by atoms with Gasteiger partial charge in [-0.15, -0.1) is 0 Å². The van der Waals surface area contributed by atoms with Crippen LogP contribution in [0.3, 0.4) is 0 Å². The summed E-state index contributed by atoms with van der Waals surface area (Å²) in [5, 5.41) is 4.92. The number of carbonyl (C=O) groups excluding carboxylic acids is 1. The van der Waals surface area contributed by atoms with Crippen LogP contribution in [0.2, 0.25) is 0 Å². The largest absolute Gasteiger partial charge is 0.497 e. The van der Waals surface area contributed by atoms with Gasteiger partial charge in [0.15, 0.2) is 0 Å². The predicted octanol–water partition coefficient (Wildman–Crippen LogP) is 4.14. The Balaban J connectivity index is 1.53. The molecule has 0 spiro atoms. The van der Waals surface area contributed by atoms with Crippen molar-refractivity contribution in [2.24, 2.45) is 0 Å². The van der Waals surface area contributed by atoms with E-state index < -0.39 is 0 Å². The van der Waals surface area contributed by atoms with E-state index in [1.165, 1.54) is 0 Å². The monoisotopic (exact) mass is 428 g/mol. The number of methoxy groups -OCH3 is 2. The lowest BCUT2D eigenvalue weighted by Crippen LogP contribution is -2.27. The lowest BCUT2D eigenvalue weighted by molar-refractivity contribution is 0.0745. The molecule has 1 amide bonds. The zero-order valence-electron chi connectivity index (χ0n) is 18.3. The average Bonchev–Trinajstić information content (AvgIpc) is 3.54. The summed E-state index contributed by atoms with van der Waals surface area (Å²) in [4.78, 5) is 15.2. The van der Waals surface area contributed by atoms with Gasteiger partial charge in [0.25, 0.3) is 5.91 Å². The summed E-state index contributed by atoms with van der Waals surface area (Å²) in [5.74, 6) is 2.00. The van der Waals surface area contributed by atoms with E-state index in [0.29, 0.717) is 30.2 Å². The Kier molecular flexibility index (Phi) is 4.93. The van der Waals surface area contributed by atoms with Crippen LogP contribution in [-0.2, 0) is 13.1 Å². The first-order valence-corrected chi connectivity index (χ1v) is 10.4. The Morgan fingerprint density at radius 1 is 0.969 bits per heavy atom. The van der Waals surface area contributed by atoms with Crippen LogP contribution in [0.4, 0.5) is 0 Å². The summed E-state index contributed by atoms with van der Waals surface area (Å²) in [6, 6.07) is 17.4. The molecule has 5 rings (SSSR count). The lowest BCUT2D eigenvalue weighted by atomic mass is 10.1. The summed E-state index contributed by atoms with van der Waals surface area (Å²) in [5.41, 5.74) is 4.62. The number of para-hydroxylation sites is 1. The summed E-state index contributed by atoms with van der Waals surface area (Å²) >= 11 is 0. The van der Waals surface area contributed by atoms with Crippen LogP contribution in [-0.4, -0.2) is 39.4 Å². The van der Waals surface area contributed by atoms with E-state index in [0.717, 1.165) is 28.3 Å². The van der Waals surface area contributed by atoms with E-state index in [-0.39, 0.29) is 5.91 Å². The minimum Gasteiger partial charge on any atom is -0.497 e. The van der Waals surface area contributed by atoms with Gasteiger partial charge in [0.05, 0.1) is 44.3 Å². The molecule has 0 N–H and O–H groups in total. The Morgan fingerprint density at radius 2 is 1.75 bits per heavy atom. The molecule has 1 aliphatic rings. The quantitative estimate of drug-likeness (QED) is 0.479. The summed E-state index contributed by atoms with van der Waals surface area (Å²) in [6.45, 7) is 2.99. The van der Waals surface area contributed by atoms with E-state index in [4.69, 9.17) is 14.6 Å². The van der Waals surface area contributed by atoms with Crippen molar-refractivity contribution in [3.8, 4) is 23.0 Å². The number of nitrogens with zero attached hydrogens (tertiary/aromatic N) is 4. The molecule has 1 aliphatic heterocycles. The minimum absolute atomic E-state index is 0.0941. The highest BCUT2D eigenvalue weighted by molar-refractivity contribution is 5.97. The van der Waals surface area contributed by atoms with E-state index in [2.05, 4.69) is 23.6 Å². The maximum Gasteiger partial charge on any atom is 0.258 e. The Labute approximate surface area is 186 Å². The van der Waals surface area contributed by atoms with Crippen LogP contribution in [0.15, 0.2) is 67.0 Å². The average molecular weight is 428 g/mol. The summed E-state index contributed by atoms with van der Waals surface area (Å²) in [7, 11) is 3.15. The lowest BCUT2D eigenvalue weighted by Gasteiger charge is -2.19. The number of hydrogen-bond acceptors (Lipinski definition) is 4. The van der Waals surface area contributed by atoms with Gasteiger partial charge in [-0.25, -0.2) is 4.68 Å². The van der Waals surface area contributed by atoms with Crippen LogP contribution in [0.1, 0.15) is 27.2 Å². The standard InChI is InChI=1S/C25H24N4O3/c1-17-8-4-5-9-22(17)29-24(27-12-6-7-13-27)20-15-28(16-21(20)26-29)25(30)19-11-10-18(31-2)14-23(19)32-3/h4-14H,15-16H2,1-3H3. The second-order valence-corrected chi connectivity index (χ2v) is 7.76. The van der Waals surface area contributed by atoms with Crippen LogP contribution in [0.25, 0.3) is 11.5 Å². The van der Waals surface area contributed by atoms with Gasteiger partial charge in [0.2, 0.25) is 0 Å². The highest BCUT2D eigenvalue weighted by atomic mass is 16.5. The van der Waals surface area contributed by atoms with Crippen LogP contribution in [0, 0.1) is 6.92 Å². The van der Waals surface area contributed by atoms with Crippen molar-refractivity contribution >= 4 is 5.91 Å². The normalized spacial score (nSPS) is 12.7. The van der Waals surface area contributed by atoms with Gasteiger partial charge < -0.3 is 18.9 Å². The molecular formula is C25H24N4O3. The molecule has 0 atom stereocenters. The second-order valence-electron chi connectivity index (χ2n) is 7.76. The van der Waals surface area contributed by atoms with Crippen molar-refractivity contribution in [1.82, 2.24) is 19.2 Å². The van der Waals surface area contributed by atoms with E-state index in [9.17, 15) is 4.79 Å². The third kappa shape index (κ3) is 3.22. The van der Waals surface area contributed by atoms with Gasteiger partial charge in [-0.1, -0.05) is 18.2 Å². The van der Waals surface area contributed by atoms with E-state index >= 15 is 0 Å². The third-order valence-corrected chi connectivity index (χ3v) is 5.85. The van der Waals surface area contributed by atoms with Gasteiger partial charge in [-0.2, -0.15) is 5.10 Å². The first-order valence-electron chi connectivity index (χ1n) is 10.4. The van der Waals surface area contributed by atoms with Gasteiger partial charge >= 0.3 is 0 Å². The number of amides is 1. The molecule has 0 radical (unpaired) electrons. The molecule has 0 saturated heterocycles. The Hall–Kier alpha value is -4.00. The van der Waals surface area contributed by atoms with Gasteiger partial charge in [-0.3, -0.25) is 4.79 Å². The smallest absolute Gasteiger partial charge is 0.258 e. The molecule has 162 valence electrons. The highest BCUT2D eigenvalue weighted by Crippen LogP contribution is 2.34. The molecule has 2 aromatic heterocycles. The fourth-order valence-electron chi connectivity index (χ4n) is 4.20. The highest BCUT2D eigenvalue weighted by Gasteiger charge is 2.33. The maximum absolute atomic E-state index is 13.4. The molecular weight excluding hydrogens is 404 g/mol. The zero-order chi connectivity index (χ0) is 22.2. The van der Waals surface area contributed by atoms with Crippen molar-refractivity contribution in [2.45, 2.75) is 20.0 Å². The number of fused-ring (bicyclic) bond motifs is 1.